The van der Waals surface area contributed by atoms with E-state index in [-0.39, 0.29) is 23.4 Å². The number of halogens is 1. The maximum atomic E-state index is 13.5. The van der Waals surface area contributed by atoms with Gasteiger partial charge in [0.25, 0.3) is 5.91 Å². The molecule has 3 aromatic rings. The lowest BCUT2D eigenvalue weighted by molar-refractivity contribution is -0.116. The first-order valence-electron chi connectivity index (χ1n) is 13.4. The standard InChI is InChI=1S/C30H32FN3O5S/c1-39-26-13-8-22(9-14-26)30(36)33-18-17-21-7-12-24(19-28(21)33)32-29(35)20-34(25-5-3-2-4-6-25)40(37,38)27-15-10-23(31)11-16-27/h7-16,19,25H,2-6,17-18,20H2,1H3,(H,32,35). The van der Waals surface area contributed by atoms with E-state index in [1.807, 2.05) is 6.07 Å². The number of methoxy groups -OCH3 is 1. The number of sulfonamides is 1. The number of nitrogens with zero attached hydrogens (tertiary/aromatic N) is 2. The van der Waals surface area contributed by atoms with Crippen LogP contribution in [0.3, 0.4) is 0 Å². The molecule has 1 fully saturated rings. The molecule has 0 atom stereocenters. The van der Waals surface area contributed by atoms with Crippen molar-refractivity contribution < 1.29 is 27.1 Å². The molecule has 1 aliphatic heterocycles. The Kier molecular flexibility index (Phi) is 8.18. The molecular formula is C30H32FN3O5S. The van der Waals surface area contributed by atoms with E-state index in [2.05, 4.69) is 5.32 Å². The van der Waals surface area contributed by atoms with Crippen LogP contribution in [0.15, 0.2) is 71.6 Å². The molecule has 210 valence electrons. The summed E-state index contributed by atoms with van der Waals surface area (Å²) in [6, 6.07) is 16.6. The second-order valence-corrected chi connectivity index (χ2v) is 12.0. The van der Waals surface area contributed by atoms with Gasteiger partial charge in [0.15, 0.2) is 0 Å². The number of carbonyl (C=O) groups excluding carboxylic acids is 2. The number of hydrogen-bond acceptors (Lipinski definition) is 5. The minimum absolute atomic E-state index is 0.0440. The van der Waals surface area contributed by atoms with Gasteiger partial charge in [-0.05, 0) is 85.5 Å². The molecule has 0 aromatic heterocycles. The molecule has 0 bridgehead atoms. The van der Waals surface area contributed by atoms with Crippen LogP contribution in [-0.2, 0) is 21.2 Å². The van der Waals surface area contributed by atoms with Gasteiger partial charge in [-0.15, -0.1) is 0 Å². The highest BCUT2D eigenvalue weighted by Crippen LogP contribution is 2.33. The van der Waals surface area contributed by atoms with Crippen molar-refractivity contribution in [1.82, 2.24) is 4.31 Å². The van der Waals surface area contributed by atoms with Crippen LogP contribution >= 0.6 is 0 Å². The van der Waals surface area contributed by atoms with Crippen LogP contribution in [0.4, 0.5) is 15.8 Å². The zero-order valence-electron chi connectivity index (χ0n) is 22.3. The lowest BCUT2D eigenvalue weighted by Gasteiger charge is -2.33. The quantitative estimate of drug-likeness (QED) is 0.415. The van der Waals surface area contributed by atoms with E-state index in [9.17, 15) is 22.4 Å². The van der Waals surface area contributed by atoms with E-state index < -0.39 is 21.7 Å². The van der Waals surface area contributed by atoms with Crippen molar-refractivity contribution in [3.63, 3.8) is 0 Å². The van der Waals surface area contributed by atoms with Crippen molar-refractivity contribution in [2.45, 2.75) is 49.5 Å². The summed E-state index contributed by atoms with van der Waals surface area (Å²) < 4.78 is 47.0. The van der Waals surface area contributed by atoms with Crippen LogP contribution < -0.4 is 15.0 Å². The van der Waals surface area contributed by atoms with E-state index >= 15 is 0 Å². The first-order valence-corrected chi connectivity index (χ1v) is 14.9. The number of benzene rings is 3. The van der Waals surface area contributed by atoms with Gasteiger partial charge in [-0.3, -0.25) is 9.59 Å². The number of hydrogen-bond donors (Lipinski definition) is 1. The smallest absolute Gasteiger partial charge is 0.258 e. The summed E-state index contributed by atoms with van der Waals surface area (Å²) in [5.74, 6) is -0.509. The van der Waals surface area contributed by atoms with Gasteiger partial charge in [-0.25, -0.2) is 12.8 Å². The predicted octanol–water partition coefficient (Wildman–Crippen LogP) is 5.00. The molecule has 5 rings (SSSR count). The normalized spacial score (nSPS) is 15.6. The molecule has 10 heteroatoms. The third kappa shape index (κ3) is 5.88. The summed E-state index contributed by atoms with van der Waals surface area (Å²) in [5.41, 5.74) is 2.70. The van der Waals surface area contributed by atoms with Crippen LogP contribution in [0.1, 0.15) is 48.0 Å². The van der Waals surface area contributed by atoms with Gasteiger partial charge in [0.1, 0.15) is 11.6 Å². The Balaban J connectivity index is 1.34. The Hall–Kier alpha value is -3.76. The zero-order valence-corrected chi connectivity index (χ0v) is 23.1. The molecule has 0 radical (unpaired) electrons. The fraction of sp³-hybridized carbons (Fsp3) is 0.333. The van der Waals surface area contributed by atoms with Crippen LogP contribution in [0, 0.1) is 5.82 Å². The fourth-order valence-corrected chi connectivity index (χ4v) is 7.06. The van der Waals surface area contributed by atoms with Crippen LogP contribution in [0.2, 0.25) is 0 Å². The van der Waals surface area contributed by atoms with Crippen LogP contribution in [0.25, 0.3) is 0 Å². The van der Waals surface area contributed by atoms with Gasteiger partial charge in [-0.2, -0.15) is 4.31 Å². The number of fused-ring (bicyclic) bond motifs is 1. The Morgan fingerprint density at radius 2 is 1.70 bits per heavy atom. The third-order valence-electron chi connectivity index (χ3n) is 7.55. The van der Waals surface area contributed by atoms with Gasteiger partial charge in [0.2, 0.25) is 15.9 Å². The molecule has 1 aliphatic carbocycles. The second-order valence-electron chi connectivity index (χ2n) is 10.1. The summed E-state index contributed by atoms with van der Waals surface area (Å²) in [6.45, 7) is 0.152. The van der Waals surface area contributed by atoms with Crippen molar-refractivity contribution in [2.24, 2.45) is 0 Å². The number of ether oxygens (including phenoxy) is 1. The molecular weight excluding hydrogens is 533 g/mol. The maximum absolute atomic E-state index is 13.5. The summed E-state index contributed by atoms with van der Waals surface area (Å²) in [7, 11) is -2.46. The largest absolute Gasteiger partial charge is 0.497 e. The van der Waals surface area contributed by atoms with E-state index in [1.165, 1.54) is 16.4 Å². The Morgan fingerprint density at radius 1 is 1.00 bits per heavy atom. The molecule has 0 unspecified atom stereocenters. The van der Waals surface area contributed by atoms with Gasteiger partial charge < -0.3 is 15.0 Å². The van der Waals surface area contributed by atoms with E-state index in [0.29, 0.717) is 48.5 Å². The Labute approximate surface area is 233 Å². The van der Waals surface area contributed by atoms with Gasteiger partial charge in [0.05, 0.1) is 18.6 Å². The van der Waals surface area contributed by atoms with Crippen molar-refractivity contribution >= 4 is 33.2 Å². The highest BCUT2D eigenvalue weighted by molar-refractivity contribution is 7.89. The number of rotatable bonds is 8. The average Bonchev–Trinajstić information content (AvgIpc) is 3.39. The average molecular weight is 566 g/mol. The third-order valence-corrected chi connectivity index (χ3v) is 9.46. The SMILES string of the molecule is COc1ccc(C(=O)N2CCc3ccc(NC(=O)CN(C4CCCCC4)S(=O)(=O)c4ccc(F)cc4)cc32)cc1. The first-order chi connectivity index (χ1) is 19.3. The lowest BCUT2D eigenvalue weighted by Crippen LogP contribution is -2.45. The molecule has 1 N–H and O–H groups in total. The molecule has 0 spiro atoms. The van der Waals surface area contributed by atoms with E-state index in [4.69, 9.17) is 4.74 Å². The monoisotopic (exact) mass is 565 g/mol. The predicted molar refractivity (Wildman–Crippen MR) is 151 cm³/mol. The topological polar surface area (TPSA) is 96.0 Å². The molecule has 2 amide bonds. The molecule has 1 heterocycles. The van der Waals surface area contributed by atoms with Crippen molar-refractivity contribution in [2.75, 3.05) is 30.4 Å². The molecule has 1 saturated carbocycles. The molecule has 2 aliphatic rings. The molecule has 40 heavy (non-hydrogen) atoms. The van der Waals surface area contributed by atoms with E-state index in [0.717, 1.165) is 37.0 Å². The number of carbonyl (C=O) groups is 2. The molecule has 8 nitrogen and oxygen atoms in total. The Bertz CT molecular complexity index is 1490. The lowest BCUT2D eigenvalue weighted by atomic mass is 9.95. The fourth-order valence-electron chi connectivity index (χ4n) is 5.42. The second kappa shape index (κ2) is 11.8. The zero-order chi connectivity index (χ0) is 28.3. The number of anilines is 2. The highest BCUT2D eigenvalue weighted by atomic mass is 32.2. The number of amides is 2. The summed E-state index contributed by atoms with van der Waals surface area (Å²) in [5, 5.41) is 2.83. The molecule has 0 saturated heterocycles. The Morgan fingerprint density at radius 3 is 2.38 bits per heavy atom. The van der Waals surface area contributed by atoms with Gasteiger partial charge in [0, 0.05) is 29.5 Å². The van der Waals surface area contributed by atoms with E-state index in [1.54, 1.807) is 48.4 Å². The van der Waals surface area contributed by atoms with Crippen molar-refractivity contribution in [3.8, 4) is 5.75 Å². The minimum atomic E-state index is -4.03. The van der Waals surface area contributed by atoms with Crippen LogP contribution in [-0.4, -0.2) is 50.8 Å². The van der Waals surface area contributed by atoms with Gasteiger partial charge >= 0.3 is 0 Å². The number of nitrogens with one attached hydrogen (secondary N) is 1. The summed E-state index contributed by atoms with van der Waals surface area (Å²) in [4.78, 5) is 28.1. The van der Waals surface area contributed by atoms with Crippen LogP contribution in [0.5, 0.6) is 5.75 Å². The summed E-state index contributed by atoms with van der Waals surface area (Å²) >= 11 is 0. The highest BCUT2D eigenvalue weighted by Gasteiger charge is 2.34. The van der Waals surface area contributed by atoms with Gasteiger partial charge in [-0.1, -0.05) is 25.3 Å². The first kappa shape index (κ1) is 27.8. The maximum Gasteiger partial charge on any atom is 0.258 e. The minimum Gasteiger partial charge on any atom is -0.497 e. The molecule has 3 aromatic carbocycles. The van der Waals surface area contributed by atoms with Crippen molar-refractivity contribution in [3.05, 3.63) is 83.7 Å². The summed E-state index contributed by atoms with van der Waals surface area (Å²) in [6.07, 6.45) is 4.80. The van der Waals surface area contributed by atoms with Crippen molar-refractivity contribution in [1.29, 1.82) is 0 Å².